The van der Waals surface area contributed by atoms with E-state index in [-0.39, 0.29) is 30.8 Å². The molecule has 4 aliphatic rings. The Morgan fingerprint density at radius 3 is 2.57 bits per heavy atom. The Kier molecular flexibility index (Phi) is 9.29. The quantitative estimate of drug-likeness (QED) is 0.202. The van der Waals surface area contributed by atoms with Crippen LogP contribution < -0.4 is 30.5 Å². The largest absolute Gasteiger partial charge is 0.474 e. The average molecular weight is 757 g/mol. The highest BCUT2D eigenvalue weighted by atomic mass is 19.1. The van der Waals surface area contributed by atoms with Gasteiger partial charge < -0.3 is 25.2 Å². The second kappa shape index (κ2) is 14.7. The van der Waals surface area contributed by atoms with Gasteiger partial charge in [0.25, 0.3) is 0 Å². The number of amides is 4. The zero-order chi connectivity index (χ0) is 38.3. The summed E-state index contributed by atoms with van der Waals surface area (Å²) in [6.07, 6.45) is 4.15. The van der Waals surface area contributed by atoms with E-state index in [1.54, 1.807) is 18.3 Å². The van der Waals surface area contributed by atoms with Gasteiger partial charge in [0, 0.05) is 99.5 Å². The number of benzene rings is 3. The van der Waals surface area contributed by atoms with Crippen LogP contribution in [0.15, 0.2) is 73.1 Å². The van der Waals surface area contributed by atoms with Crippen LogP contribution in [0, 0.1) is 12.7 Å². The number of urea groups is 1. The zero-order valence-electron chi connectivity index (χ0n) is 30.9. The maximum atomic E-state index is 15.1. The van der Waals surface area contributed by atoms with Gasteiger partial charge in [0.15, 0.2) is 0 Å². The van der Waals surface area contributed by atoms with E-state index in [0.29, 0.717) is 62.4 Å². The van der Waals surface area contributed by atoms with Crippen molar-refractivity contribution in [3.8, 4) is 17.0 Å². The summed E-state index contributed by atoms with van der Waals surface area (Å²) in [4.78, 5) is 58.4. The van der Waals surface area contributed by atoms with Gasteiger partial charge in [0.05, 0.1) is 17.6 Å². The lowest BCUT2D eigenvalue weighted by Gasteiger charge is -2.49. The summed E-state index contributed by atoms with van der Waals surface area (Å²) in [5.41, 5.74) is 7.52. The number of hydrogen-bond acceptors (Lipinski definition) is 11. The van der Waals surface area contributed by atoms with Crippen molar-refractivity contribution in [2.24, 2.45) is 0 Å². The van der Waals surface area contributed by atoms with Crippen molar-refractivity contribution in [3.63, 3.8) is 0 Å². The number of ether oxygens (including phenoxy) is 1. The molecule has 5 aromatic rings. The lowest BCUT2D eigenvalue weighted by atomic mass is 10.00. The summed E-state index contributed by atoms with van der Waals surface area (Å²) in [6, 6.07) is 18.4. The molecule has 4 aliphatic heterocycles. The van der Waals surface area contributed by atoms with Crippen molar-refractivity contribution in [2.75, 3.05) is 79.4 Å². The molecular weight excluding hydrogens is 716 g/mol. The first-order valence-electron chi connectivity index (χ1n) is 18.9. The van der Waals surface area contributed by atoms with E-state index < -0.39 is 11.8 Å². The number of nitrogens with one attached hydrogen (secondary N) is 3. The summed E-state index contributed by atoms with van der Waals surface area (Å²) in [7, 11) is 0. The standard InChI is InChI=1S/C41H41FN10O4/c1-25-32(22-44-39-38(25)43-11-17-56-39)27-4-5-28-21-45-40(47-34(28)19-27)46-29-6-2-26(3-7-29)18-37(54)50-15-13-49(14-16-50)31-23-51(24-31)35-9-8-30(20-33(35)42)52-12-10-36(53)48-41(52)55/h2-9,19-22,31,43H,10-18,23-24H2,1H3,(H,45,46,47)(H,48,53,55). The Morgan fingerprint density at radius 2 is 1.79 bits per heavy atom. The van der Waals surface area contributed by atoms with Crippen LogP contribution in [-0.2, 0) is 16.0 Å². The number of imide groups is 1. The fraction of sp³-hybridized carbons (Fsp3) is 0.317. The van der Waals surface area contributed by atoms with Gasteiger partial charge in [-0.3, -0.25) is 24.7 Å². The minimum absolute atomic E-state index is 0.0934. The number of rotatable bonds is 8. The van der Waals surface area contributed by atoms with Gasteiger partial charge in [-0.2, -0.15) is 0 Å². The Labute approximate surface area is 322 Å². The second-order valence-corrected chi connectivity index (χ2v) is 14.6. The van der Waals surface area contributed by atoms with Crippen LogP contribution in [0.5, 0.6) is 5.88 Å². The van der Waals surface area contributed by atoms with Gasteiger partial charge >= 0.3 is 6.03 Å². The van der Waals surface area contributed by atoms with Crippen LogP contribution in [-0.4, -0.2) is 108 Å². The van der Waals surface area contributed by atoms with Crippen LogP contribution in [0.4, 0.5) is 37.9 Å². The molecule has 0 aliphatic carbocycles. The first kappa shape index (κ1) is 35.4. The van der Waals surface area contributed by atoms with Gasteiger partial charge in [-0.05, 0) is 60.0 Å². The van der Waals surface area contributed by atoms with Crippen molar-refractivity contribution in [3.05, 3.63) is 90.0 Å². The van der Waals surface area contributed by atoms with Gasteiger partial charge in [-0.1, -0.05) is 24.3 Å². The summed E-state index contributed by atoms with van der Waals surface area (Å²) in [6.45, 7) is 7.84. The second-order valence-electron chi connectivity index (χ2n) is 14.6. The van der Waals surface area contributed by atoms with Gasteiger partial charge in [0.1, 0.15) is 18.1 Å². The van der Waals surface area contributed by atoms with Crippen LogP contribution in [0.1, 0.15) is 17.5 Å². The van der Waals surface area contributed by atoms with E-state index in [0.717, 1.165) is 64.2 Å². The number of halogens is 1. The molecule has 0 saturated carbocycles. The maximum absolute atomic E-state index is 15.1. The number of nitrogens with zero attached hydrogens (tertiary/aromatic N) is 7. The molecular formula is C41H41FN10O4. The predicted molar refractivity (Wildman–Crippen MR) is 211 cm³/mol. The SMILES string of the molecule is Cc1c(-c2ccc3cnc(Nc4ccc(CC(=O)N5CCN(C6CN(c7ccc(N8CCC(=O)NC8=O)cc7F)C6)CC5)cc4)nc3c2)cnc2c1NCCO2. The third kappa shape index (κ3) is 7.01. The highest BCUT2D eigenvalue weighted by Crippen LogP contribution is 2.36. The van der Waals surface area contributed by atoms with E-state index in [2.05, 4.69) is 43.8 Å². The molecule has 2 aromatic heterocycles. The first-order chi connectivity index (χ1) is 27.3. The van der Waals surface area contributed by atoms with Crippen LogP contribution in [0.3, 0.4) is 0 Å². The fourth-order valence-corrected chi connectivity index (χ4v) is 7.83. The number of carbonyl (C=O) groups is 3. The van der Waals surface area contributed by atoms with Gasteiger partial charge in [-0.25, -0.2) is 24.1 Å². The molecule has 15 heteroatoms. The minimum atomic E-state index is -0.534. The van der Waals surface area contributed by atoms with Gasteiger partial charge in [0.2, 0.25) is 23.6 Å². The zero-order valence-corrected chi connectivity index (χ0v) is 30.9. The van der Waals surface area contributed by atoms with Crippen molar-refractivity contribution >= 4 is 57.4 Å². The summed E-state index contributed by atoms with van der Waals surface area (Å²) >= 11 is 0. The molecule has 0 spiro atoms. The van der Waals surface area contributed by atoms with Crippen molar-refractivity contribution in [1.82, 2.24) is 30.1 Å². The monoisotopic (exact) mass is 756 g/mol. The number of carbonyl (C=O) groups excluding carboxylic acids is 3. The molecule has 0 radical (unpaired) electrons. The average Bonchev–Trinajstić information content (AvgIpc) is 3.19. The van der Waals surface area contributed by atoms with E-state index in [9.17, 15) is 14.4 Å². The van der Waals surface area contributed by atoms with Crippen molar-refractivity contribution < 1.29 is 23.5 Å². The third-order valence-electron chi connectivity index (χ3n) is 11.1. The Balaban J connectivity index is 0.756. The number of anilines is 5. The molecule has 56 heavy (non-hydrogen) atoms. The van der Waals surface area contributed by atoms with E-state index in [4.69, 9.17) is 9.72 Å². The van der Waals surface area contributed by atoms with Gasteiger partial charge in [-0.15, -0.1) is 0 Å². The van der Waals surface area contributed by atoms with E-state index in [1.807, 2.05) is 52.4 Å². The highest BCUT2D eigenvalue weighted by molar-refractivity contribution is 6.05. The Hall–Kier alpha value is -6.35. The molecule has 3 saturated heterocycles. The van der Waals surface area contributed by atoms with Crippen LogP contribution in [0.25, 0.3) is 22.0 Å². The third-order valence-corrected chi connectivity index (χ3v) is 11.1. The highest BCUT2D eigenvalue weighted by Gasteiger charge is 2.36. The molecule has 3 aromatic carbocycles. The number of fused-ring (bicyclic) bond motifs is 2. The Bertz CT molecular complexity index is 2340. The number of hydrogen-bond donors (Lipinski definition) is 3. The molecule has 9 rings (SSSR count). The normalized spacial score (nSPS) is 17.5. The summed E-state index contributed by atoms with van der Waals surface area (Å²) in [5, 5.41) is 9.90. The number of piperazine rings is 1. The topological polar surface area (TPSA) is 148 Å². The lowest BCUT2D eigenvalue weighted by molar-refractivity contribution is -0.132. The van der Waals surface area contributed by atoms with E-state index in [1.165, 1.54) is 11.0 Å². The molecule has 6 heterocycles. The molecule has 0 atom stereocenters. The molecule has 0 unspecified atom stereocenters. The number of aromatic nitrogens is 3. The summed E-state index contributed by atoms with van der Waals surface area (Å²) in [5.74, 6) is 0.482. The van der Waals surface area contributed by atoms with E-state index >= 15 is 4.39 Å². The summed E-state index contributed by atoms with van der Waals surface area (Å²) < 4.78 is 20.8. The Morgan fingerprint density at radius 1 is 0.964 bits per heavy atom. The first-order valence-corrected chi connectivity index (χ1v) is 18.9. The van der Waals surface area contributed by atoms with Crippen LogP contribution in [0.2, 0.25) is 0 Å². The number of pyridine rings is 1. The maximum Gasteiger partial charge on any atom is 0.328 e. The minimum Gasteiger partial charge on any atom is -0.474 e. The fourth-order valence-electron chi connectivity index (χ4n) is 7.83. The molecule has 3 N–H and O–H groups in total. The molecule has 3 fully saturated rings. The molecule has 286 valence electrons. The lowest BCUT2D eigenvalue weighted by Crippen LogP contribution is -2.63. The predicted octanol–water partition coefficient (Wildman–Crippen LogP) is 4.71. The van der Waals surface area contributed by atoms with Crippen molar-refractivity contribution in [2.45, 2.75) is 25.8 Å². The smallest absolute Gasteiger partial charge is 0.328 e. The van der Waals surface area contributed by atoms with Crippen molar-refractivity contribution in [1.29, 1.82) is 0 Å². The van der Waals surface area contributed by atoms with Crippen LogP contribution >= 0.6 is 0 Å². The molecule has 4 amide bonds. The molecule has 0 bridgehead atoms. The molecule has 14 nitrogen and oxygen atoms in total.